The van der Waals surface area contributed by atoms with Gasteiger partial charge in [0, 0.05) is 30.7 Å². The maximum atomic E-state index is 13.6. The topological polar surface area (TPSA) is 81.3 Å². The van der Waals surface area contributed by atoms with Crippen LogP contribution in [-0.4, -0.2) is 37.0 Å². The third-order valence-electron chi connectivity index (χ3n) is 4.37. The number of halogens is 5. The Bertz CT molecular complexity index is 1100. The number of H-pyrrole nitrogens is 1. The fraction of sp³-hybridized carbons (Fsp3) is 0.200. The molecule has 3 aromatic rings. The number of guanidine groups is 1. The van der Waals surface area contributed by atoms with E-state index in [1.54, 1.807) is 12.3 Å². The van der Waals surface area contributed by atoms with E-state index in [2.05, 4.69) is 25.9 Å². The Morgan fingerprint density at radius 1 is 1.06 bits per heavy atom. The van der Waals surface area contributed by atoms with E-state index in [1.807, 2.05) is 0 Å². The number of carbonyl (C=O) groups excluding carboxylic acids is 1. The second-order valence-corrected chi connectivity index (χ2v) is 6.38. The van der Waals surface area contributed by atoms with Crippen LogP contribution in [0.25, 0.3) is 10.9 Å². The molecule has 4 N–H and O–H groups in total. The predicted octanol–water partition coefficient (Wildman–Crippen LogP) is 3.69. The summed E-state index contributed by atoms with van der Waals surface area (Å²) in [5.41, 5.74) is 1.28. The van der Waals surface area contributed by atoms with Crippen LogP contribution >= 0.6 is 24.0 Å². The van der Waals surface area contributed by atoms with Crippen LogP contribution in [0.5, 0.6) is 0 Å². The first kappa shape index (κ1) is 24.4. The van der Waals surface area contributed by atoms with E-state index in [0.29, 0.717) is 18.9 Å². The highest BCUT2D eigenvalue weighted by Gasteiger charge is 2.15. The van der Waals surface area contributed by atoms with Gasteiger partial charge in [-0.2, -0.15) is 0 Å². The number of amides is 1. The number of hydrogen-bond acceptors (Lipinski definition) is 2. The molecule has 0 bridgehead atoms. The Hall–Kier alpha value is -2.83. The summed E-state index contributed by atoms with van der Waals surface area (Å²) in [6, 6.07) is 6.15. The number of hydrogen-bond donors (Lipinski definition) is 4. The molecule has 1 amide bonds. The molecule has 1 aromatic heterocycles. The minimum absolute atomic E-state index is 0. The summed E-state index contributed by atoms with van der Waals surface area (Å²) in [5, 5.41) is 8.67. The van der Waals surface area contributed by atoms with Crippen molar-refractivity contribution in [2.45, 2.75) is 6.42 Å². The second-order valence-electron chi connectivity index (χ2n) is 6.38. The van der Waals surface area contributed by atoms with Gasteiger partial charge in [0.15, 0.2) is 23.4 Å². The minimum Gasteiger partial charge on any atom is -0.361 e. The molecule has 0 fully saturated rings. The number of aromatic nitrogens is 1. The number of benzene rings is 2. The van der Waals surface area contributed by atoms with Crippen LogP contribution in [0, 0.1) is 23.3 Å². The molecule has 0 saturated heterocycles. The highest BCUT2D eigenvalue weighted by Crippen LogP contribution is 2.20. The van der Waals surface area contributed by atoms with Crippen molar-refractivity contribution >= 4 is 52.4 Å². The van der Waals surface area contributed by atoms with Crippen molar-refractivity contribution in [2.24, 2.45) is 4.99 Å². The van der Waals surface area contributed by atoms with Crippen LogP contribution in [0.1, 0.15) is 5.56 Å². The smallest absolute Gasteiger partial charge is 0.243 e. The molecule has 2 aromatic carbocycles. The summed E-state index contributed by atoms with van der Waals surface area (Å²) in [4.78, 5) is 19.0. The largest absolute Gasteiger partial charge is 0.361 e. The van der Waals surface area contributed by atoms with Gasteiger partial charge in [0.2, 0.25) is 5.91 Å². The Labute approximate surface area is 192 Å². The number of nitrogens with zero attached hydrogens (tertiary/aromatic N) is 1. The van der Waals surface area contributed by atoms with E-state index in [1.165, 1.54) is 19.2 Å². The quantitative estimate of drug-likeness (QED) is 0.125. The molecule has 0 spiro atoms. The van der Waals surface area contributed by atoms with Crippen LogP contribution in [0.4, 0.5) is 23.2 Å². The zero-order chi connectivity index (χ0) is 21.7. The van der Waals surface area contributed by atoms with Gasteiger partial charge in [0.05, 0.1) is 12.2 Å². The molecule has 0 aliphatic rings. The van der Waals surface area contributed by atoms with Gasteiger partial charge in [-0.05, 0) is 42.3 Å². The number of fused-ring (bicyclic) bond motifs is 1. The number of nitrogens with one attached hydrogen (secondary N) is 4. The van der Waals surface area contributed by atoms with Gasteiger partial charge in [0.1, 0.15) is 5.82 Å². The number of aliphatic imine (C=N–C) groups is 1. The predicted molar refractivity (Wildman–Crippen MR) is 122 cm³/mol. The van der Waals surface area contributed by atoms with Crippen LogP contribution < -0.4 is 16.0 Å². The van der Waals surface area contributed by atoms with E-state index in [0.717, 1.165) is 28.6 Å². The molecular formula is C20H20F4IN5O. The molecule has 6 nitrogen and oxygen atoms in total. The SMILES string of the molecule is CN=C(NCCc1c[nH]c2ccc(F)cc12)NCC(=O)Nc1ccc(F)c(F)c1F.I. The fourth-order valence-corrected chi connectivity index (χ4v) is 2.87. The van der Waals surface area contributed by atoms with Gasteiger partial charge >= 0.3 is 0 Å². The molecule has 11 heteroatoms. The zero-order valence-corrected chi connectivity index (χ0v) is 18.7. The Morgan fingerprint density at radius 3 is 2.58 bits per heavy atom. The second kappa shape index (κ2) is 11.0. The minimum atomic E-state index is -1.66. The molecule has 0 saturated carbocycles. The van der Waals surface area contributed by atoms with E-state index >= 15 is 0 Å². The van der Waals surface area contributed by atoms with Gasteiger partial charge in [0.25, 0.3) is 0 Å². The summed E-state index contributed by atoms with van der Waals surface area (Å²) < 4.78 is 53.2. The molecule has 3 rings (SSSR count). The molecule has 0 aliphatic carbocycles. The maximum Gasteiger partial charge on any atom is 0.243 e. The Morgan fingerprint density at radius 2 is 1.84 bits per heavy atom. The van der Waals surface area contributed by atoms with Crippen molar-refractivity contribution in [3.63, 3.8) is 0 Å². The van der Waals surface area contributed by atoms with Gasteiger partial charge in [-0.25, -0.2) is 17.6 Å². The number of rotatable bonds is 6. The summed E-state index contributed by atoms with van der Waals surface area (Å²) in [6.45, 7) is 0.166. The number of aromatic amines is 1. The number of carbonyl (C=O) groups is 1. The molecule has 31 heavy (non-hydrogen) atoms. The Balaban J connectivity index is 0.00000341. The van der Waals surface area contributed by atoms with Crippen LogP contribution in [0.2, 0.25) is 0 Å². The third-order valence-corrected chi connectivity index (χ3v) is 4.37. The lowest BCUT2D eigenvalue weighted by Crippen LogP contribution is -2.42. The van der Waals surface area contributed by atoms with Gasteiger partial charge < -0.3 is 20.9 Å². The monoisotopic (exact) mass is 549 g/mol. The van der Waals surface area contributed by atoms with E-state index in [-0.39, 0.29) is 36.3 Å². The van der Waals surface area contributed by atoms with Crippen molar-refractivity contribution in [3.05, 3.63) is 65.4 Å². The zero-order valence-electron chi connectivity index (χ0n) is 16.4. The molecule has 0 radical (unpaired) electrons. The summed E-state index contributed by atoms with van der Waals surface area (Å²) in [6.07, 6.45) is 2.36. The van der Waals surface area contributed by atoms with Crippen molar-refractivity contribution in [1.82, 2.24) is 15.6 Å². The molecule has 166 valence electrons. The Kier molecular flexibility index (Phi) is 8.65. The van der Waals surface area contributed by atoms with Crippen molar-refractivity contribution in [1.29, 1.82) is 0 Å². The highest BCUT2D eigenvalue weighted by atomic mass is 127. The molecule has 0 unspecified atom stereocenters. The summed E-state index contributed by atoms with van der Waals surface area (Å²) in [5.74, 6) is -5.16. The van der Waals surface area contributed by atoms with Gasteiger partial charge in [-0.1, -0.05) is 0 Å². The maximum absolute atomic E-state index is 13.6. The molecule has 0 atom stereocenters. The van der Waals surface area contributed by atoms with Crippen LogP contribution in [0.15, 0.2) is 41.5 Å². The lowest BCUT2D eigenvalue weighted by Gasteiger charge is -2.12. The summed E-state index contributed by atoms with van der Waals surface area (Å²) >= 11 is 0. The number of anilines is 1. The van der Waals surface area contributed by atoms with Crippen LogP contribution in [0.3, 0.4) is 0 Å². The lowest BCUT2D eigenvalue weighted by atomic mass is 10.1. The lowest BCUT2D eigenvalue weighted by molar-refractivity contribution is -0.115. The first-order valence-electron chi connectivity index (χ1n) is 9.02. The summed E-state index contributed by atoms with van der Waals surface area (Å²) in [7, 11) is 1.50. The van der Waals surface area contributed by atoms with Crippen LogP contribution in [-0.2, 0) is 11.2 Å². The van der Waals surface area contributed by atoms with Gasteiger partial charge in [-0.15, -0.1) is 24.0 Å². The van der Waals surface area contributed by atoms with Crippen molar-refractivity contribution < 1.29 is 22.4 Å². The standard InChI is InChI=1S/C20H19F4N5O.HI/c1-25-20(26-7-6-11-9-27-15-4-2-12(21)8-13(11)15)28-10-17(30)29-16-5-3-14(22)18(23)19(16)24;/h2-5,8-9,27H,6-7,10H2,1H3,(H,29,30)(H2,25,26,28);1H. The molecule has 1 heterocycles. The normalized spacial score (nSPS) is 11.2. The van der Waals surface area contributed by atoms with Crippen molar-refractivity contribution in [3.8, 4) is 0 Å². The highest BCUT2D eigenvalue weighted by molar-refractivity contribution is 14.0. The fourth-order valence-electron chi connectivity index (χ4n) is 2.87. The van der Waals surface area contributed by atoms with Gasteiger partial charge in [-0.3, -0.25) is 9.79 Å². The third kappa shape index (κ3) is 6.09. The van der Waals surface area contributed by atoms with E-state index in [9.17, 15) is 22.4 Å². The first-order valence-corrected chi connectivity index (χ1v) is 9.02. The molecule has 0 aliphatic heterocycles. The average Bonchev–Trinajstić information content (AvgIpc) is 3.13. The molecular weight excluding hydrogens is 529 g/mol. The van der Waals surface area contributed by atoms with E-state index in [4.69, 9.17) is 0 Å². The average molecular weight is 549 g/mol. The van der Waals surface area contributed by atoms with E-state index < -0.39 is 29.0 Å². The first-order chi connectivity index (χ1) is 14.4. The van der Waals surface area contributed by atoms with Crippen molar-refractivity contribution in [2.75, 3.05) is 25.5 Å².